The van der Waals surface area contributed by atoms with E-state index in [4.69, 9.17) is 9.84 Å². The molecule has 0 bridgehead atoms. The SMILES string of the molecule is CCOC(=O)C1CCCN1Cc1ccn(C2CCCC2)n1. The molecule has 1 atom stereocenters. The summed E-state index contributed by atoms with van der Waals surface area (Å²) in [5.41, 5.74) is 1.07. The minimum atomic E-state index is -0.0819. The van der Waals surface area contributed by atoms with Crippen molar-refractivity contribution in [2.75, 3.05) is 13.2 Å². The van der Waals surface area contributed by atoms with Crippen LogP contribution in [0.3, 0.4) is 0 Å². The van der Waals surface area contributed by atoms with Gasteiger partial charge in [-0.15, -0.1) is 0 Å². The molecule has 1 aromatic rings. The molecule has 2 fully saturated rings. The first-order valence-electron chi connectivity index (χ1n) is 8.22. The van der Waals surface area contributed by atoms with Crippen molar-refractivity contribution >= 4 is 5.97 Å². The number of rotatable bonds is 5. The molecule has 1 saturated carbocycles. The third-order valence-electron chi connectivity index (χ3n) is 4.65. The predicted octanol–water partition coefficient (Wildman–Crippen LogP) is 2.53. The third kappa shape index (κ3) is 3.28. The molecule has 1 unspecified atom stereocenters. The lowest BCUT2D eigenvalue weighted by atomic mass is 10.2. The van der Waals surface area contributed by atoms with Gasteiger partial charge in [0.15, 0.2) is 0 Å². The van der Waals surface area contributed by atoms with Crippen LogP contribution in [0.4, 0.5) is 0 Å². The Morgan fingerprint density at radius 3 is 2.90 bits per heavy atom. The highest BCUT2D eigenvalue weighted by Crippen LogP contribution is 2.29. The van der Waals surface area contributed by atoms with Crippen LogP contribution in [0.25, 0.3) is 0 Å². The zero-order chi connectivity index (χ0) is 14.7. The average molecular weight is 291 g/mol. The van der Waals surface area contributed by atoms with Crippen LogP contribution in [0.2, 0.25) is 0 Å². The lowest BCUT2D eigenvalue weighted by molar-refractivity contribution is -0.148. The largest absolute Gasteiger partial charge is 0.465 e. The van der Waals surface area contributed by atoms with Gasteiger partial charge in [-0.05, 0) is 45.2 Å². The fraction of sp³-hybridized carbons (Fsp3) is 0.750. The fourth-order valence-corrected chi connectivity index (χ4v) is 3.56. The molecule has 1 aliphatic heterocycles. The summed E-state index contributed by atoms with van der Waals surface area (Å²) in [6.45, 7) is 4.03. The zero-order valence-electron chi connectivity index (χ0n) is 12.8. The topological polar surface area (TPSA) is 47.4 Å². The third-order valence-corrected chi connectivity index (χ3v) is 4.65. The number of ether oxygens (including phenoxy) is 1. The van der Waals surface area contributed by atoms with Gasteiger partial charge in [0.05, 0.1) is 18.3 Å². The standard InChI is InChI=1S/C16H25N3O2/c1-2-21-16(20)15-8-5-10-18(15)12-13-9-11-19(17-13)14-6-3-4-7-14/h9,11,14-15H,2-8,10,12H2,1H3. The molecule has 1 aromatic heterocycles. The molecule has 0 N–H and O–H groups in total. The molecule has 1 saturated heterocycles. The Labute approximate surface area is 126 Å². The highest BCUT2D eigenvalue weighted by atomic mass is 16.5. The number of likely N-dealkylation sites (tertiary alicyclic amines) is 1. The summed E-state index contributed by atoms with van der Waals surface area (Å²) in [6.07, 6.45) is 9.19. The van der Waals surface area contributed by atoms with Crippen LogP contribution >= 0.6 is 0 Å². The van der Waals surface area contributed by atoms with Crippen molar-refractivity contribution in [2.24, 2.45) is 0 Å². The molecule has 5 nitrogen and oxygen atoms in total. The van der Waals surface area contributed by atoms with Gasteiger partial charge in [-0.3, -0.25) is 14.4 Å². The van der Waals surface area contributed by atoms with Gasteiger partial charge in [-0.25, -0.2) is 0 Å². The smallest absolute Gasteiger partial charge is 0.323 e. The van der Waals surface area contributed by atoms with Crippen LogP contribution in [0.15, 0.2) is 12.3 Å². The predicted molar refractivity (Wildman–Crippen MR) is 79.8 cm³/mol. The number of carbonyl (C=O) groups excluding carboxylic acids is 1. The van der Waals surface area contributed by atoms with Gasteiger partial charge < -0.3 is 4.74 Å². The molecule has 21 heavy (non-hydrogen) atoms. The van der Waals surface area contributed by atoms with E-state index in [0.717, 1.165) is 31.6 Å². The molecule has 0 amide bonds. The highest BCUT2D eigenvalue weighted by Gasteiger charge is 2.32. The van der Waals surface area contributed by atoms with Gasteiger partial charge in [-0.1, -0.05) is 12.8 Å². The molecule has 5 heteroatoms. The quantitative estimate of drug-likeness (QED) is 0.782. The van der Waals surface area contributed by atoms with Crippen molar-refractivity contribution in [3.05, 3.63) is 18.0 Å². The Bertz CT molecular complexity index is 480. The normalized spacial score (nSPS) is 23.8. The molecular weight excluding hydrogens is 266 g/mol. The Kier molecular flexibility index (Phi) is 4.58. The van der Waals surface area contributed by atoms with Gasteiger partial charge in [0.2, 0.25) is 0 Å². The first-order valence-corrected chi connectivity index (χ1v) is 8.22. The first-order chi connectivity index (χ1) is 10.3. The van der Waals surface area contributed by atoms with Crippen molar-refractivity contribution in [1.82, 2.24) is 14.7 Å². The number of carbonyl (C=O) groups is 1. The van der Waals surface area contributed by atoms with Crippen LogP contribution in [-0.2, 0) is 16.1 Å². The molecule has 2 aliphatic rings. The van der Waals surface area contributed by atoms with E-state index in [2.05, 4.69) is 21.8 Å². The van der Waals surface area contributed by atoms with Gasteiger partial charge in [-0.2, -0.15) is 5.10 Å². The van der Waals surface area contributed by atoms with Crippen LogP contribution in [0.5, 0.6) is 0 Å². The van der Waals surface area contributed by atoms with Gasteiger partial charge in [0.1, 0.15) is 6.04 Å². The van der Waals surface area contributed by atoms with Crippen LogP contribution < -0.4 is 0 Å². The maximum Gasteiger partial charge on any atom is 0.323 e. The summed E-state index contributed by atoms with van der Waals surface area (Å²) in [5.74, 6) is -0.0785. The van der Waals surface area contributed by atoms with Crippen LogP contribution in [0.1, 0.15) is 57.2 Å². The molecule has 116 valence electrons. The van der Waals surface area contributed by atoms with E-state index < -0.39 is 0 Å². The molecular formula is C16H25N3O2. The van der Waals surface area contributed by atoms with E-state index in [9.17, 15) is 4.79 Å². The molecule has 0 aromatic carbocycles. The number of hydrogen-bond donors (Lipinski definition) is 0. The number of aromatic nitrogens is 2. The van der Waals surface area contributed by atoms with Gasteiger partial charge in [0.25, 0.3) is 0 Å². The van der Waals surface area contributed by atoms with E-state index in [1.807, 2.05) is 6.92 Å². The molecule has 0 spiro atoms. The maximum absolute atomic E-state index is 12.0. The van der Waals surface area contributed by atoms with E-state index in [-0.39, 0.29) is 12.0 Å². The lowest BCUT2D eigenvalue weighted by Crippen LogP contribution is -2.37. The molecule has 0 radical (unpaired) electrons. The Morgan fingerprint density at radius 1 is 1.33 bits per heavy atom. The summed E-state index contributed by atoms with van der Waals surface area (Å²) in [6, 6.07) is 2.60. The zero-order valence-corrected chi connectivity index (χ0v) is 12.8. The van der Waals surface area contributed by atoms with Crippen molar-refractivity contribution in [1.29, 1.82) is 0 Å². The average Bonchev–Trinajstić information content (AvgIpc) is 3.20. The van der Waals surface area contributed by atoms with Crippen molar-refractivity contribution in [3.8, 4) is 0 Å². The fourth-order valence-electron chi connectivity index (χ4n) is 3.56. The number of hydrogen-bond acceptors (Lipinski definition) is 4. The molecule has 2 heterocycles. The maximum atomic E-state index is 12.0. The Hall–Kier alpha value is -1.36. The van der Waals surface area contributed by atoms with E-state index in [1.54, 1.807) is 0 Å². The van der Waals surface area contributed by atoms with Gasteiger partial charge in [0, 0.05) is 12.7 Å². The first kappa shape index (κ1) is 14.6. The second-order valence-electron chi connectivity index (χ2n) is 6.11. The number of esters is 1. The monoisotopic (exact) mass is 291 g/mol. The molecule has 3 rings (SSSR count). The molecule has 1 aliphatic carbocycles. The van der Waals surface area contributed by atoms with Crippen LogP contribution in [0, 0.1) is 0 Å². The summed E-state index contributed by atoms with van der Waals surface area (Å²) in [7, 11) is 0. The number of nitrogens with zero attached hydrogens (tertiary/aromatic N) is 3. The Balaban J connectivity index is 1.61. The second kappa shape index (κ2) is 6.60. The highest BCUT2D eigenvalue weighted by molar-refractivity contribution is 5.76. The minimum absolute atomic E-state index is 0.0785. The van der Waals surface area contributed by atoms with E-state index >= 15 is 0 Å². The summed E-state index contributed by atoms with van der Waals surface area (Å²) < 4.78 is 7.30. The van der Waals surface area contributed by atoms with Crippen molar-refractivity contribution < 1.29 is 9.53 Å². The van der Waals surface area contributed by atoms with Crippen molar-refractivity contribution in [2.45, 2.75) is 64.1 Å². The summed E-state index contributed by atoms with van der Waals surface area (Å²) in [5, 5.41) is 4.72. The summed E-state index contributed by atoms with van der Waals surface area (Å²) >= 11 is 0. The van der Waals surface area contributed by atoms with E-state index in [1.165, 1.54) is 25.7 Å². The van der Waals surface area contributed by atoms with Gasteiger partial charge >= 0.3 is 5.97 Å². The van der Waals surface area contributed by atoms with Crippen molar-refractivity contribution in [3.63, 3.8) is 0 Å². The summed E-state index contributed by atoms with van der Waals surface area (Å²) in [4.78, 5) is 14.2. The second-order valence-corrected chi connectivity index (χ2v) is 6.11. The Morgan fingerprint density at radius 2 is 2.14 bits per heavy atom. The van der Waals surface area contributed by atoms with Crippen LogP contribution in [-0.4, -0.2) is 39.8 Å². The lowest BCUT2D eigenvalue weighted by Gasteiger charge is -2.21. The van der Waals surface area contributed by atoms with E-state index in [0.29, 0.717) is 12.6 Å². The minimum Gasteiger partial charge on any atom is -0.465 e.